The summed E-state index contributed by atoms with van der Waals surface area (Å²) in [4.78, 5) is 17.5. The third-order valence-electron chi connectivity index (χ3n) is 6.93. The Morgan fingerprint density at radius 2 is 1.79 bits per heavy atom. The van der Waals surface area contributed by atoms with E-state index in [1.54, 1.807) is 24.3 Å². The molecular weight excluding hydrogens is 534 g/mol. The number of aromatic nitrogens is 1. The fourth-order valence-corrected chi connectivity index (χ4v) is 4.71. The Hall–Kier alpha value is -3.06. The molecule has 2 aromatic rings. The van der Waals surface area contributed by atoms with Crippen LogP contribution in [-0.2, 0) is 27.0 Å². The molecule has 1 spiro atoms. The molecule has 3 heterocycles. The molecule has 1 unspecified atom stereocenters. The van der Waals surface area contributed by atoms with Crippen molar-refractivity contribution in [3.8, 4) is 5.75 Å². The molecule has 1 aromatic carbocycles. The Morgan fingerprint density at radius 1 is 1.10 bits per heavy atom. The Kier molecular flexibility index (Phi) is 8.60. The van der Waals surface area contributed by atoms with E-state index < -0.39 is 42.5 Å². The number of carbonyl (C=O) groups is 1. The third kappa shape index (κ3) is 7.33. The van der Waals surface area contributed by atoms with Crippen molar-refractivity contribution in [2.75, 3.05) is 33.4 Å². The number of pyridine rings is 1. The fraction of sp³-hybridized carbons (Fsp3) is 0.538. The summed E-state index contributed by atoms with van der Waals surface area (Å²) in [5.41, 5.74) is -0.779. The van der Waals surface area contributed by atoms with E-state index in [9.17, 15) is 31.1 Å². The summed E-state index contributed by atoms with van der Waals surface area (Å²) in [5, 5.41) is 0. The van der Waals surface area contributed by atoms with E-state index in [0.29, 0.717) is 30.6 Å². The van der Waals surface area contributed by atoms with Crippen LogP contribution in [0.1, 0.15) is 42.1 Å². The minimum Gasteiger partial charge on any atom is -0.497 e. The molecular formula is C26H28F6N2O5. The molecule has 1 aromatic heterocycles. The second-order valence-corrected chi connectivity index (χ2v) is 9.60. The molecule has 7 nitrogen and oxygen atoms in total. The van der Waals surface area contributed by atoms with Crippen LogP contribution in [0.5, 0.6) is 5.75 Å². The molecule has 1 amide bonds. The lowest BCUT2D eigenvalue weighted by Crippen LogP contribution is -2.49. The number of amides is 1. The van der Waals surface area contributed by atoms with Gasteiger partial charge < -0.3 is 23.8 Å². The Morgan fingerprint density at radius 3 is 2.41 bits per heavy atom. The molecule has 2 fully saturated rings. The molecule has 2 aliphatic heterocycles. The van der Waals surface area contributed by atoms with Crippen molar-refractivity contribution < 1.29 is 50.1 Å². The summed E-state index contributed by atoms with van der Waals surface area (Å²) in [5.74, 6) is 0.235. The molecule has 214 valence electrons. The highest BCUT2D eigenvalue weighted by Crippen LogP contribution is 2.43. The number of alkyl halides is 6. The monoisotopic (exact) mass is 562 g/mol. The molecule has 0 N–H and O–H groups in total. The van der Waals surface area contributed by atoms with Crippen molar-refractivity contribution in [3.63, 3.8) is 0 Å². The number of hydrogen-bond acceptors (Lipinski definition) is 6. The van der Waals surface area contributed by atoms with E-state index in [4.69, 9.17) is 18.9 Å². The van der Waals surface area contributed by atoms with Crippen LogP contribution in [0.3, 0.4) is 0 Å². The largest absolute Gasteiger partial charge is 0.497 e. The predicted molar refractivity (Wildman–Crippen MR) is 125 cm³/mol. The summed E-state index contributed by atoms with van der Waals surface area (Å²) >= 11 is 0. The molecule has 2 atom stereocenters. The number of piperidine rings is 1. The van der Waals surface area contributed by atoms with Gasteiger partial charge in [-0.05, 0) is 49.1 Å². The molecule has 0 radical (unpaired) electrons. The van der Waals surface area contributed by atoms with Crippen LogP contribution in [0.2, 0.25) is 0 Å². The van der Waals surface area contributed by atoms with Crippen LogP contribution >= 0.6 is 0 Å². The van der Waals surface area contributed by atoms with Gasteiger partial charge in [0.1, 0.15) is 11.4 Å². The zero-order valence-corrected chi connectivity index (χ0v) is 21.1. The van der Waals surface area contributed by atoms with E-state index in [1.165, 1.54) is 24.1 Å². The minimum atomic E-state index is -4.83. The predicted octanol–water partition coefficient (Wildman–Crippen LogP) is 5.73. The van der Waals surface area contributed by atoms with Crippen molar-refractivity contribution in [3.05, 3.63) is 59.4 Å². The highest BCUT2D eigenvalue weighted by molar-refractivity contribution is 5.68. The summed E-state index contributed by atoms with van der Waals surface area (Å²) in [6.45, 7) is -0.647. The van der Waals surface area contributed by atoms with Crippen LogP contribution in [-0.4, -0.2) is 67.3 Å². The average Bonchev–Trinajstić information content (AvgIpc) is 3.31. The number of rotatable bonds is 7. The normalized spacial score (nSPS) is 20.2. The van der Waals surface area contributed by atoms with Gasteiger partial charge in [-0.25, -0.2) is 9.78 Å². The molecule has 0 bridgehead atoms. The first-order valence-corrected chi connectivity index (χ1v) is 12.3. The second-order valence-electron chi connectivity index (χ2n) is 9.60. The van der Waals surface area contributed by atoms with Gasteiger partial charge in [0.2, 0.25) is 6.10 Å². The summed E-state index contributed by atoms with van der Waals surface area (Å²) in [6, 6.07) is 10.3. The maximum absolute atomic E-state index is 13.5. The lowest BCUT2D eigenvalue weighted by atomic mass is 9.84. The lowest BCUT2D eigenvalue weighted by Gasteiger charge is -2.38. The number of hydrogen-bond donors (Lipinski definition) is 0. The maximum atomic E-state index is 13.5. The Balaban J connectivity index is 1.28. The van der Waals surface area contributed by atoms with Crippen molar-refractivity contribution >= 4 is 6.09 Å². The molecule has 4 rings (SSSR count). The van der Waals surface area contributed by atoms with Crippen LogP contribution in [0.4, 0.5) is 31.1 Å². The van der Waals surface area contributed by atoms with E-state index in [2.05, 4.69) is 4.98 Å². The standard InChI is InChI=1S/C26H28F6N2O5/c1-36-19-7-5-17(6-8-19)14-37-16-22(26(30,31)32)39-23(35)34-11-9-24(10-12-34)13-18(15-38-24)20-3-2-4-21(33-20)25(27,28)29/h2-8,18,22H,9-16H2,1H3/t18?,22-/m1/s1. The van der Waals surface area contributed by atoms with Gasteiger partial charge in [0.15, 0.2) is 0 Å². The first kappa shape index (κ1) is 28.9. The topological polar surface area (TPSA) is 70.1 Å². The lowest BCUT2D eigenvalue weighted by molar-refractivity contribution is -0.220. The highest BCUT2D eigenvalue weighted by atomic mass is 19.4. The van der Waals surface area contributed by atoms with E-state index in [0.717, 1.165) is 6.07 Å². The highest BCUT2D eigenvalue weighted by Gasteiger charge is 2.47. The van der Waals surface area contributed by atoms with Crippen molar-refractivity contribution in [2.24, 2.45) is 0 Å². The van der Waals surface area contributed by atoms with Crippen molar-refractivity contribution in [1.29, 1.82) is 0 Å². The third-order valence-corrected chi connectivity index (χ3v) is 6.93. The number of ether oxygens (including phenoxy) is 4. The molecule has 2 aliphatic rings. The van der Waals surface area contributed by atoms with E-state index in [-0.39, 0.29) is 37.9 Å². The quantitative estimate of drug-likeness (QED) is 0.402. The van der Waals surface area contributed by atoms with Gasteiger partial charge in [0.25, 0.3) is 0 Å². The fourth-order valence-electron chi connectivity index (χ4n) is 4.71. The molecule has 13 heteroatoms. The molecule has 0 saturated carbocycles. The number of methoxy groups -OCH3 is 1. The number of carbonyl (C=O) groups excluding carboxylic acids is 1. The van der Waals surface area contributed by atoms with Crippen molar-refractivity contribution in [2.45, 2.75) is 55.8 Å². The van der Waals surface area contributed by atoms with Crippen LogP contribution in [0.25, 0.3) is 0 Å². The number of benzene rings is 1. The van der Waals surface area contributed by atoms with Gasteiger partial charge >= 0.3 is 18.4 Å². The second kappa shape index (κ2) is 11.6. The molecule has 39 heavy (non-hydrogen) atoms. The van der Waals surface area contributed by atoms with Crippen LogP contribution in [0, 0.1) is 0 Å². The van der Waals surface area contributed by atoms with Gasteiger partial charge in [0.05, 0.1) is 32.5 Å². The Bertz CT molecular complexity index is 1120. The minimum absolute atomic E-state index is 0.0822. The molecule has 0 aliphatic carbocycles. The Labute approximate surface area is 221 Å². The number of halogens is 6. The van der Waals surface area contributed by atoms with Gasteiger partial charge in [-0.15, -0.1) is 0 Å². The van der Waals surface area contributed by atoms with Crippen LogP contribution in [0.15, 0.2) is 42.5 Å². The van der Waals surface area contributed by atoms with E-state index in [1.807, 2.05) is 0 Å². The van der Waals surface area contributed by atoms with Gasteiger partial charge in [0, 0.05) is 24.7 Å². The molecule has 2 saturated heterocycles. The average molecular weight is 563 g/mol. The summed E-state index contributed by atoms with van der Waals surface area (Å²) in [7, 11) is 1.49. The SMILES string of the molecule is COc1ccc(COC[C@@H](OC(=O)N2CCC3(CC2)CC(c2cccc(C(F)(F)F)n2)CO3)C(F)(F)F)cc1. The first-order valence-electron chi connectivity index (χ1n) is 12.3. The van der Waals surface area contributed by atoms with Crippen LogP contribution < -0.4 is 4.74 Å². The summed E-state index contributed by atoms with van der Waals surface area (Å²) in [6.07, 6.45) is -11.9. The zero-order chi connectivity index (χ0) is 28.3. The number of nitrogens with zero attached hydrogens (tertiary/aromatic N) is 2. The smallest absolute Gasteiger partial charge is 0.433 e. The van der Waals surface area contributed by atoms with Gasteiger partial charge in [-0.2, -0.15) is 26.3 Å². The maximum Gasteiger partial charge on any atom is 0.433 e. The van der Waals surface area contributed by atoms with Gasteiger partial charge in [-0.1, -0.05) is 18.2 Å². The van der Waals surface area contributed by atoms with Gasteiger partial charge in [-0.3, -0.25) is 0 Å². The van der Waals surface area contributed by atoms with Crippen molar-refractivity contribution in [1.82, 2.24) is 9.88 Å². The first-order chi connectivity index (χ1) is 18.4. The van der Waals surface area contributed by atoms with E-state index >= 15 is 0 Å². The summed E-state index contributed by atoms with van der Waals surface area (Å²) < 4.78 is 101. The number of likely N-dealkylation sites (tertiary alicyclic amines) is 1. The zero-order valence-electron chi connectivity index (χ0n) is 21.1.